The summed E-state index contributed by atoms with van der Waals surface area (Å²) in [7, 11) is 0. The number of ketones is 1. The minimum Gasteiger partial charge on any atom is -0.384 e. The predicted molar refractivity (Wildman–Crippen MR) is 116 cm³/mol. The van der Waals surface area contributed by atoms with E-state index in [1.807, 2.05) is 34.5 Å². The third-order valence-electron chi connectivity index (χ3n) is 5.40. The Morgan fingerprint density at radius 1 is 1.36 bits per heavy atom. The summed E-state index contributed by atoms with van der Waals surface area (Å²) in [5.74, 6) is 0.176. The number of hydrogen-bond acceptors (Lipinski definition) is 5. The zero-order chi connectivity index (χ0) is 19.8. The highest BCUT2D eigenvalue weighted by Gasteiger charge is 2.41. The second kappa shape index (κ2) is 7.57. The highest BCUT2D eigenvalue weighted by atomic mass is 79.9. The SMILES string of the molecule is CCc1ccccc1N1C(N)=C(C#N)C(c2cc(Br)cs2)C2=C1CCCC2=O. The van der Waals surface area contributed by atoms with Crippen molar-refractivity contribution in [3.63, 3.8) is 0 Å². The van der Waals surface area contributed by atoms with Gasteiger partial charge in [-0.25, -0.2) is 0 Å². The molecule has 4 rings (SSSR count). The standard InChI is InChI=1S/C22H20BrN3OS/c1-2-13-6-3-4-7-16(13)26-17-8-5-9-18(27)21(17)20(15(11-24)22(26)25)19-10-14(23)12-28-19/h3-4,6-7,10,12,20H,2,5,8-9,25H2,1H3. The van der Waals surface area contributed by atoms with Crippen molar-refractivity contribution in [2.45, 2.75) is 38.5 Å². The number of para-hydroxylation sites is 1. The second-order valence-corrected chi connectivity index (χ2v) is 8.82. The monoisotopic (exact) mass is 453 g/mol. The molecule has 0 bridgehead atoms. The zero-order valence-corrected chi connectivity index (χ0v) is 17.9. The van der Waals surface area contributed by atoms with E-state index in [-0.39, 0.29) is 11.7 Å². The number of carbonyl (C=O) groups excluding carboxylic acids is 1. The fraction of sp³-hybridized carbons (Fsp3) is 0.273. The molecule has 0 saturated carbocycles. The van der Waals surface area contributed by atoms with Crippen LogP contribution in [0.15, 0.2) is 62.8 Å². The van der Waals surface area contributed by atoms with E-state index >= 15 is 0 Å². The predicted octanol–water partition coefficient (Wildman–Crippen LogP) is 5.38. The number of nitrogens with zero attached hydrogens (tertiary/aromatic N) is 2. The van der Waals surface area contributed by atoms with Crippen LogP contribution in [0.5, 0.6) is 0 Å². The Morgan fingerprint density at radius 3 is 2.82 bits per heavy atom. The van der Waals surface area contributed by atoms with Gasteiger partial charge in [0.25, 0.3) is 0 Å². The lowest BCUT2D eigenvalue weighted by atomic mass is 9.78. The maximum absolute atomic E-state index is 13.1. The maximum Gasteiger partial charge on any atom is 0.161 e. The average molecular weight is 454 g/mol. The Morgan fingerprint density at radius 2 is 2.14 bits per heavy atom. The molecule has 0 radical (unpaired) electrons. The van der Waals surface area contributed by atoms with Gasteiger partial charge in [0, 0.05) is 32.4 Å². The molecule has 2 heterocycles. The molecule has 1 aliphatic carbocycles. The van der Waals surface area contributed by atoms with Gasteiger partial charge < -0.3 is 5.73 Å². The summed E-state index contributed by atoms with van der Waals surface area (Å²) in [5, 5.41) is 12.0. The molecule has 2 aromatic rings. The molecule has 4 nitrogen and oxygen atoms in total. The second-order valence-electron chi connectivity index (χ2n) is 6.97. The van der Waals surface area contributed by atoms with Crippen molar-refractivity contribution in [1.82, 2.24) is 0 Å². The van der Waals surface area contributed by atoms with Crippen LogP contribution in [0.3, 0.4) is 0 Å². The first-order chi connectivity index (χ1) is 13.6. The Hall–Kier alpha value is -2.36. The fourth-order valence-corrected chi connectivity index (χ4v) is 5.72. The summed E-state index contributed by atoms with van der Waals surface area (Å²) in [4.78, 5) is 16.0. The highest BCUT2D eigenvalue weighted by molar-refractivity contribution is 9.10. The van der Waals surface area contributed by atoms with Crippen molar-refractivity contribution in [2.24, 2.45) is 5.73 Å². The maximum atomic E-state index is 13.1. The number of Topliss-reactive ketones (excluding diaryl/α,β-unsaturated/α-hetero) is 1. The number of aryl methyl sites for hydroxylation is 1. The number of hydrogen-bond donors (Lipinski definition) is 1. The van der Waals surface area contributed by atoms with E-state index in [1.54, 1.807) is 11.3 Å². The molecule has 1 aromatic heterocycles. The van der Waals surface area contributed by atoms with Gasteiger partial charge in [-0.2, -0.15) is 5.26 Å². The Labute approximate surface area is 177 Å². The zero-order valence-electron chi connectivity index (χ0n) is 15.5. The molecule has 28 heavy (non-hydrogen) atoms. The number of allylic oxidation sites excluding steroid dienone is 3. The molecular formula is C22H20BrN3OS. The molecule has 1 aliphatic heterocycles. The third kappa shape index (κ3) is 2.99. The number of nitriles is 1. The van der Waals surface area contributed by atoms with E-state index in [2.05, 4.69) is 35.0 Å². The average Bonchev–Trinajstić information content (AvgIpc) is 3.13. The van der Waals surface area contributed by atoms with Gasteiger partial charge in [0.15, 0.2) is 5.78 Å². The molecule has 6 heteroatoms. The van der Waals surface area contributed by atoms with Gasteiger partial charge in [0.1, 0.15) is 5.82 Å². The highest BCUT2D eigenvalue weighted by Crippen LogP contribution is 2.48. The summed E-state index contributed by atoms with van der Waals surface area (Å²) in [6, 6.07) is 12.4. The van der Waals surface area contributed by atoms with E-state index in [4.69, 9.17) is 5.73 Å². The summed E-state index contributed by atoms with van der Waals surface area (Å²) < 4.78 is 0.951. The minimum absolute atomic E-state index is 0.120. The summed E-state index contributed by atoms with van der Waals surface area (Å²) >= 11 is 5.04. The Balaban J connectivity index is 1.99. The first-order valence-electron chi connectivity index (χ1n) is 9.34. The summed E-state index contributed by atoms with van der Waals surface area (Å²) in [6.07, 6.45) is 2.95. The van der Waals surface area contributed by atoms with Crippen LogP contribution in [0.4, 0.5) is 5.69 Å². The summed E-state index contributed by atoms with van der Waals surface area (Å²) in [6.45, 7) is 2.10. The normalized spacial score (nSPS) is 19.7. The van der Waals surface area contributed by atoms with Crippen LogP contribution in [-0.2, 0) is 11.2 Å². The van der Waals surface area contributed by atoms with Gasteiger partial charge >= 0.3 is 0 Å². The van der Waals surface area contributed by atoms with Crippen LogP contribution >= 0.6 is 27.3 Å². The van der Waals surface area contributed by atoms with Gasteiger partial charge in [0.05, 0.1) is 23.2 Å². The molecule has 1 aromatic carbocycles. The van der Waals surface area contributed by atoms with E-state index in [9.17, 15) is 10.1 Å². The first-order valence-corrected chi connectivity index (χ1v) is 11.0. The fourth-order valence-electron chi connectivity index (χ4n) is 4.15. The van der Waals surface area contributed by atoms with Crippen LogP contribution in [0.1, 0.15) is 42.5 Å². The Kier molecular flexibility index (Phi) is 5.13. The first kappa shape index (κ1) is 19.0. The van der Waals surface area contributed by atoms with Crippen molar-refractivity contribution in [3.05, 3.63) is 73.3 Å². The quantitative estimate of drug-likeness (QED) is 0.676. The molecule has 0 spiro atoms. The van der Waals surface area contributed by atoms with Crippen molar-refractivity contribution in [2.75, 3.05) is 4.90 Å². The number of rotatable bonds is 3. The number of anilines is 1. The molecule has 0 saturated heterocycles. The topological polar surface area (TPSA) is 70.1 Å². The van der Waals surface area contributed by atoms with Crippen LogP contribution in [0, 0.1) is 11.3 Å². The lowest BCUT2D eigenvalue weighted by Crippen LogP contribution is -2.39. The van der Waals surface area contributed by atoms with Crippen LogP contribution in [0.2, 0.25) is 0 Å². The molecule has 0 fully saturated rings. The number of carbonyl (C=O) groups is 1. The van der Waals surface area contributed by atoms with Crippen molar-refractivity contribution in [1.29, 1.82) is 5.26 Å². The third-order valence-corrected chi connectivity index (χ3v) is 7.16. The molecule has 1 unspecified atom stereocenters. The molecule has 2 aliphatic rings. The largest absolute Gasteiger partial charge is 0.384 e. The Bertz CT molecular complexity index is 1060. The molecule has 142 valence electrons. The van der Waals surface area contributed by atoms with Crippen molar-refractivity contribution in [3.8, 4) is 6.07 Å². The van der Waals surface area contributed by atoms with Gasteiger partial charge in [-0.3, -0.25) is 9.69 Å². The summed E-state index contributed by atoms with van der Waals surface area (Å²) in [5.41, 5.74) is 10.8. The van der Waals surface area contributed by atoms with Crippen molar-refractivity contribution >= 4 is 38.7 Å². The molecule has 1 atom stereocenters. The lowest BCUT2D eigenvalue weighted by molar-refractivity contribution is -0.116. The number of nitrogens with two attached hydrogens (primary N) is 1. The smallest absolute Gasteiger partial charge is 0.161 e. The number of thiophene rings is 1. The van der Waals surface area contributed by atoms with Crippen LogP contribution < -0.4 is 10.6 Å². The van der Waals surface area contributed by atoms with Gasteiger partial charge in [-0.1, -0.05) is 25.1 Å². The van der Waals surface area contributed by atoms with Gasteiger partial charge in [-0.15, -0.1) is 11.3 Å². The van der Waals surface area contributed by atoms with Crippen molar-refractivity contribution < 1.29 is 4.79 Å². The van der Waals surface area contributed by atoms with E-state index < -0.39 is 0 Å². The van der Waals surface area contributed by atoms with Gasteiger partial charge in [-0.05, 0) is 52.9 Å². The van der Waals surface area contributed by atoms with E-state index in [0.717, 1.165) is 51.1 Å². The minimum atomic E-state index is -0.380. The number of halogens is 1. The molecule has 0 amide bonds. The molecular weight excluding hydrogens is 434 g/mol. The van der Waals surface area contributed by atoms with Crippen LogP contribution in [-0.4, -0.2) is 5.78 Å². The molecule has 2 N–H and O–H groups in total. The van der Waals surface area contributed by atoms with E-state index in [1.165, 1.54) is 0 Å². The van der Waals surface area contributed by atoms with E-state index in [0.29, 0.717) is 17.8 Å². The number of benzene rings is 1. The lowest BCUT2D eigenvalue weighted by Gasteiger charge is -2.40. The van der Waals surface area contributed by atoms with Gasteiger partial charge in [0.2, 0.25) is 0 Å². The van der Waals surface area contributed by atoms with Crippen LogP contribution in [0.25, 0.3) is 0 Å².